The van der Waals surface area contributed by atoms with E-state index in [1.54, 1.807) is 6.92 Å². The van der Waals surface area contributed by atoms with Crippen LogP contribution in [0.25, 0.3) is 0 Å². The van der Waals surface area contributed by atoms with Crippen molar-refractivity contribution in [2.24, 2.45) is 5.92 Å². The minimum atomic E-state index is -3.66. The Morgan fingerprint density at radius 2 is 1.83 bits per heavy atom. The van der Waals surface area contributed by atoms with E-state index < -0.39 is 44.9 Å². The summed E-state index contributed by atoms with van der Waals surface area (Å²) in [6, 6.07) is 6.41. The van der Waals surface area contributed by atoms with Gasteiger partial charge in [0.1, 0.15) is 17.7 Å². The van der Waals surface area contributed by atoms with Crippen LogP contribution in [0.4, 0.5) is 18.9 Å². The molecule has 2 N–H and O–H groups in total. The fraction of sp³-hybridized carbons (Fsp3) is 0.478. The smallest absolute Gasteiger partial charge is 0.336 e. The van der Waals surface area contributed by atoms with E-state index in [-0.39, 0.29) is 5.69 Å². The Morgan fingerprint density at radius 1 is 1.20 bits per heavy atom. The number of nitrogens with one attached hydrogen (secondary N) is 2. The quantitative estimate of drug-likeness (QED) is 0.487. The molecule has 1 aliphatic rings. The van der Waals surface area contributed by atoms with Gasteiger partial charge in [0, 0.05) is 24.8 Å². The Morgan fingerprint density at radius 3 is 2.34 bits per heavy atom. The summed E-state index contributed by atoms with van der Waals surface area (Å²) in [4.78, 5) is 19.0. The van der Waals surface area contributed by atoms with Crippen molar-refractivity contribution in [2.75, 3.05) is 24.1 Å². The number of halogens is 4. The summed E-state index contributed by atoms with van der Waals surface area (Å²) in [5.41, 5.74) is 0.0577. The topological polar surface area (TPSA) is 91.4 Å². The van der Waals surface area contributed by atoms with Crippen molar-refractivity contribution in [1.82, 2.24) is 15.2 Å². The van der Waals surface area contributed by atoms with Crippen molar-refractivity contribution < 1.29 is 26.4 Å². The first-order valence-corrected chi connectivity index (χ1v) is 13.4. The average Bonchev–Trinajstić information content (AvgIpc) is 2.77. The highest BCUT2D eigenvalue weighted by molar-refractivity contribution is 7.92. The summed E-state index contributed by atoms with van der Waals surface area (Å²) >= 11 is 5.06. The molecule has 1 aromatic heterocycles. The number of nitrogens with zero attached hydrogens (tertiary/aromatic N) is 2. The second kappa shape index (κ2) is 10.7. The molecule has 0 spiro atoms. The largest absolute Gasteiger partial charge is 0.364 e. The fourth-order valence-corrected chi connectivity index (χ4v) is 4.58. The molecule has 2 aromatic rings. The van der Waals surface area contributed by atoms with E-state index in [1.165, 1.54) is 24.4 Å². The number of carbonyl (C=O) groups excluding carboxylic acids is 1. The number of rotatable bonds is 8. The predicted molar refractivity (Wildman–Crippen MR) is 128 cm³/mol. The molecule has 0 saturated carbocycles. The van der Waals surface area contributed by atoms with Crippen LogP contribution in [-0.2, 0) is 20.2 Å². The molecule has 1 saturated heterocycles. The summed E-state index contributed by atoms with van der Waals surface area (Å²) in [6.45, 7) is 5.12. The molecule has 1 aliphatic heterocycles. The van der Waals surface area contributed by atoms with E-state index in [9.17, 15) is 26.4 Å². The monoisotopic (exact) mass is 532 g/mol. The van der Waals surface area contributed by atoms with Gasteiger partial charge < -0.3 is 5.32 Å². The Hall–Kier alpha value is -2.37. The molecule has 1 fully saturated rings. The van der Waals surface area contributed by atoms with Crippen LogP contribution < -0.4 is 10.0 Å². The molecular formula is C23H28ClF3N4O3S. The Kier molecular flexibility index (Phi) is 8.33. The predicted octanol–water partition coefficient (Wildman–Crippen LogP) is 4.53. The SMILES string of the molecule is CC1CCN(C(NC(=O)C(C)c2ccc(NS(C)(=O)=O)c(F)c2)c2ccc(C(F)(F)Cl)nc2)CC1. The van der Waals surface area contributed by atoms with Crippen molar-refractivity contribution in [3.8, 4) is 0 Å². The number of amides is 1. The number of aromatic nitrogens is 1. The molecule has 7 nitrogen and oxygen atoms in total. The number of piperidine rings is 1. The molecule has 0 aliphatic carbocycles. The molecule has 192 valence electrons. The molecule has 35 heavy (non-hydrogen) atoms. The molecule has 2 heterocycles. The number of pyridine rings is 1. The lowest BCUT2D eigenvalue weighted by molar-refractivity contribution is -0.124. The van der Waals surface area contributed by atoms with E-state index in [1.807, 2.05) is 4.90 Å². The van der Waals surface area contributed by atoms with Crippen LogP contribution in [0.5, 0.6) is 0 Å². The molecule has 3 rings (SSSR count). The number of hydrogen-bond acceptors (Lipinski definition) is 5. The Balaban J connectivity index is 1.82. The van der Waals surface area contributed by atoms with Crippen LogP contribution in [0.2, 0.25) is 0 Å². The Bertz CT molecular complexity index is 1150. The summed E-state index contributed by atoms with van der Waals surface area (Å²) in [6.07, 6.45) is 3.37. The van der Waals surface area contributed by atoms with Gasteiger partial charge in [0.2, 0.25) is 15.9 Å². The van der Waals surface area contributed by atoms with Crippen LogP contribution in [0, 0.1) is 11.7 Å². The minimum Gasteiger partial charge on any atom is -0.336 e. The van der Waals surface area contributed by atoms with E-state index in [2.05, 4.69) is 21.9 Å². The van der Waals surface area contributed by atoms with Gasteiger partial charge in [-0.1, -0.05) is 19.1 Å². The number of alkyl halides is 3. The first-order chi connectivity index (χ1) is 16.2. The summed E-state index contributed by atoms with van der Waals surface area (Å²) in [5, 5.41) is -0.663. The molecular weight excluding hydrogens is 505 g/mol. The maximum absolute atomic E-state index is 14.4. The summed E-state index contributed by atoms with van der Waals surface area (Å²) < 4.78 is 66.1. The number of sulfonamides is 1. The van der Waals surface area contributed by atoms with E-state index >= 15 is 0 Å². The van der Waals surface area contributed by atoms with Crippen LogP contribution >= 0.6 is 11.6 Å². The number of anilines is 1. The maximum atomic E-state index is 14.4. The maximum Gasteiger partial charge on any atom is 0.364 e. The first kappa shape index (κ1) is 27.2. The standard InChI is InChI=1S/C23H28ClF3N4O3S/c1-14-8-10-31(11-9-14)21(17-5-7-20(28-13-17)23(24,26)27)29-22(32)15(2)16-4-6-19(18(25)12-16)30-35(3,33)34/h4-7,12-15,21,30H,8-11H2,1-3H3,(H,29,32). The molecule has 0 radical (unpaired) electrons. The third kappa shape index (κ3) is 7.31. The minimum absolute atomic E-state index is 0.216. The molecule has 1 aromatic carbocycles. The second-order valence-electron chi connectivity index (χ2n) is 8.94. The molecule has 12 heteroatoms. The van der Waals surface area contributed by atoms with Crippen molar-refractivity contribution in [3.63, 3.8) is 0 Å². The van der Waals surface area contributed by atoms with Crippen LogP contribution in [0.15, 0.2) is 36.5 Å². The van der Waals surface area contributed by atoms with E-state index in [0.717, 1.165) is 31.2 Å². The number of likely N-dealkylation sites (tertiary alicyclic amines) is 1. The summed E-state index contributed by atoms with van der Waals surface area (Å²) in [7, 11) is -3.66. The van der Waals surface area contributed by atoms with Gasteiger partial charge >= 0.3 is 5.38 Å². The molecule has 0 bridgehead atoms. The molecule has 1 amide bonds. The van der Waals surface area contributed by atoms with Crippen molar-refractivity contribution >= 4 is 33.2 Å². The van der Waals surface area contributed by atoms with Crippen LogP contribution in [0.3, 0.4) is 0 Å². The highest BCUT2D eigenvalue weighted by Crippen LogP contribution is 2.32. The van der Waals surface area contributed by atoms with Gasteiger partial charge in [-0.15, -0.1) is 0 Å². The van der Waals surface area contributed by atoms with Gasteiger partial charge in [-0.05, 0) is 61.0 Å². The van der Waals surface area contributed by atoms with Crippen LogP contribution in [-0.4, -0.2) is 43.6 Å². The zero-order valence-electron chi connectivity index (χ0n) is 19.6. The first-order valence-electron chi connectivity index (χ1n) is 11.1. The van der Waals surface area contributed by atoms with Crippen molar-refractivity contribution in [1.29, 1.82) is 0 Å². The van der Waals surface area contributed by atoms with Crippen molar-refractivity contribution in [2.45, 2.75) is 44.2 Å². The lowest BCUT2D eigenvalue weighted by Crippen LogP contribution is -2.45. The third-order valence-electron chi connectivity index (χ3n) is 6.04. The number of benzene rings is 1. The fourth-order valence-electron chi connectivity index (χ4n) is 3.90. The van der Waals surface area contributed by atoms with Gasteiger partial charge in [-0.2, -0.15) is 8.78 Å². The second-order valence-corrected chi connectivity index (χ2v) is 11.2. The van der Waals surface area contributed by atoms with E-state index in [4.69, 9.17) is 11.6 Å². The van der Waals surface area contributed by atoms with Gasteiger partial charge in [0.25, 0.3) is 0 Å². The Labute approximate surface area is 208 Å². The number of carbonyl (C=O) groups is 1. The van der Waals surface area contributed by atoms with Gasteiger partial charge in [-0.25, -0.2) is 12.8 Å². The third-order valence-corrected chi connectivity index (χ3v) is 6.82. The zero-order chi connectivity index (χ0) is 26.0. The normalized spacial score (nSPS) is 17.6. The average molecular weight is 533 g/mol. The lowest BCUT2D eigenvalue weighted by atomic mass is 9.97. The summed E-state index contributed by atoms with van der Waals surface area (Å²) in [5.74, 6) is -1.47. The highest BCUT2D eigenvalue weighted by Gasteiger charge is 2.32. The highest BCUT2D eigenvalue weighted by atomic mass is 35.5. The molecule has 2 atom stereocenters. The van der Waals surface area contributed by atoms with Gasteiger partial charge in [-0.3, -0.25) is 19.4 Å². The zero-order valence-corrected chi connectivity index (χ0v) is 21.1. The lowest BCUT2D eigenvalue weighted by Gasteiger charge is -2.37. The van der Waals surface area contributed by atoms with E-state index in [0.29, 0.717) is 30.1 Å². The number of hydrogen-bond donors (Lipinski definition) is 2. The van der Waals surface area contributed by atoms with Gasteiger partial charge in [0.15, 0.2) is 0 Å². The van der Waals surface area contributed by atoms with Gasteiger partial charge in [0.05, 0.1) is 17.9 Å². The molecule has 2 unspecified atom stereocenters. The van der Waals surface area contributed by atoms with Crippen LogP contribution in [0.1, 0.15) is 55.6 Å². The van der Waals surface area contributed by atoms with Crippen molar-refractivity contribution in [3.05, 3.63) is 59.2 Å².